The number of likely N-dealkylation sites (tertiary alicyclic amines) is 1. The molecule has 0 saturated carbocycles. The van der Waals surface area contributed by atoms with Crippen LogP contribution in [0.3, 0.4) is 0 Å². The number of amides is 1. The monoisotopic (exact) mass is 283 g/mol. The number of nitrogens with zero attached hydrogens (tertiary/aromatic N) is 3. The van der Waals surface area contributed by atoms with E-state index in [1.165, 1.54) is 0 Å². The highest BCUT2D eigenvalue weighted by Gasteiger charge is 2.33. The first-order chi connectivity index (χ1) is 9.47. The third kappa shape index (κ3) is 3.70. The van der Waals surface area contributed by atoms with Crippen LogP contribution in [-0.2, 0) is 9.59 Å². The molecule has 2 rings (SSSR count). The number of likely N-dealkylation sites (N-methyl/N-ethyl adjacent to an activating group) is 1. The number of piperazine rings is 1. The quantitative estimate of drug-likeness (QED) is 0.786. The van der Waals surface area contributed by atoms with Gasteiger partial charge in [0.15, 0.2) is 0 Å². The van der Waals surface area contributed by atoms with E-state index in [2.05, 4.69) is 11.8 Å². The number of hydrogen-bond donors (Lipinski definition) is 1. The van der Waals surface area contributed by atoms with Gasteiger partial charge < -0.3 is 14.9 Å². The molecule has 6 heteroatoms. The van der Waals surface area contributed by atoms with Crippen LogP contribution in [0.5, 0.6) is 0 Å². The Kier molecular flexibility index (Phi) is 4.99. The Hall–Kier alpha value is -1.14. The Morgan fingerprint density at radius 2 is 1.80 bits per heavy atom. The molecule has 2 unspecified atom stereocenters. The minimum absolute atomic E-state index is 0.0684. The molecule has 114 valence electrons. The zero-order valence-corrected chi connectivity index (χ0v) is 12.4. The minimum atomic E-state index is -0.803. The van der Waals surface area contributed by atoms with Crippen LogP contribution in [0.1, 0.15) is 19.8 Å². The summed E-state index contributed by atoms with van der Waals surface area (Å²) < 4.78 is 0. The Bertz CT molecular complexity index is 367. The van der Waals surface area contributed by atoms with Crippen LogP contribution in [0.2, 0.25) is 0 Å². The molecule has 0 spiro atoms. The number of carboxylic acids is 1. The maximum Gasteiger partial charge on any atom is 0.320 e. The third-order valence-electron chi connectivity index (χ3n) is 4.45. The van der Waals surface area contributed by atoms with Crippen molar-refractivity contribution >= 4 is 11.9 Å². The molecule has 2 heterocycles. The van der Waals surface area contributed by atoms with Gasteiger partial charge in [-0.15, -0.1) is 0 Å². The number of carboxylic acid groups (broad SMARTS) is 1. The van der Waals surface area contributed by atoms with E-state index in [1.807, 2.05) is 16.8 Å². The van der Waals surface area contributed by atoms with Crippen molar-refractivity contribution < 1.29 is 14.7 Å². The summed E-state index contributed by atoms with van der Waals surface area (Å²) in [4.78, 5) is 29.5. The van der Waals surface area contributed by atoms with E-state index in [-0.39, 0.29) is 12.5 Å². The van der Waals surface area contributed by atoms with Gasteiger partial charge in [0.25, 0.3) is 0 Å². The zero-order chi connectivity index (χ0) is 14.7. The maximum absolute atomic E-state index is 12.3. The molecule has 2 aliphatic rings. The summed E-state index contributed by atoms with van der Waals surface area (Å²) in [6, 6.07) is -0.504. The Balaban J connectivity index is 1.90. The zero-order valence-electron chi connectivity index (χ0n) is 12.4. The van der Waals surface area contributed by atoms with Crippen molar-refractivity contribution in [2.24, 2.45) is 5.92 Å². The second-order valence-corrected chi connectivity index (χ2v) is 6.14. The molecule has 0 radical (unpaired) electrons. The number of carbonyl (C=O) groups excluding carboxylic acids is 1. The number of rotatable bonds is 3. The van der Waals surface area contributed by atoms with Crippen LogP contribution in [-0.4, -0.2) is 84.0 Å². The number of piperidine rings is 1. The Morgan fingerprint density at radius 3 is 2.40 bits per heavy atom. The molecule has 0 aromatic heterocycles. The first kappa shape index (κ1) is 15.3. The second-order valence-electron chi connectivity index (χ2n) is 6.14. The topological polar surface area (TPSA) is 64.1 Å². The van der Waals surface area contributed by atoms with Crippen molar-refractivity contribution in [2.45, 2.75) is 25.8 Å². The van der Waals surface area contributed by atoms with E-state index >= 15 is 0 Å². The van der Waals surface area contributed by atoms with Gasteiger partial charge in [-0.25, -0.2) is 0 Å². The van der Waals surface area contributed by atoms with Gasteiger partial charge in [0.1, 0.15) is 6.04 Å². The van der Waals surface area contributed by atoms with Gasteiger partial charge in [0.2, 0.25) is 5.91 Å². The number of carbonyl (C=O) groups is 2. The van der Waals surface area contributed by atoms with E-state index in [9.17, 15) is 14.7 Å². The summed E-state index contributed by atoms with van der Waals surface area (Å²) in [5.41, 5.74) is 0. The fourth-order valence-corrected chi connectivity index (χ4v) is 2.97. The van der Waals surface area contributed by atoms with Gasteiger partial charge >= 0.3 is 5.97 Å². The van der Waals surface area contributed by atoms with E-state index in [0.29, 0.717) is 18.9 Å². The molecule has 6 nitrogen and oxygen atoms in total. The molecule has 2 fully saturated rings. The number of hydrogen-bond acceptors (Lipinski definition) is 4. The fraction of sp³-hybridized carbons (Fsp3) is 0.857. The molecule has 2 atom stereocenters. The number of aliphatic carboxylic acids is 1. The lowest BCUT2D eigenvalue weighted by atomic mass is 9.92. The molecule has 1 amide bonds. The van der Waals surface area contributed by atoms with Crippen LogP contribution < -0.4 is 0 Å². The van der Waals surface area contributed by atoms with Gasteiger partial charge in [0, 0.05) is 26.2 Å². The SMILES string of the molecule is CC1CCN(CC(=O)N2CCN(C)CC2)C(C(=O)O)C1. The second kappa shape index (κ2) is 6.54. The van der Waals surface area contributed by atoms with Gasteiger partial charge in [-0.2, -0.15) is 0 Å². The summed E-state index contributed by atoms with van der Waals surface area (Å²) in [5.74, 6) is -0.312. The van der Waals surface area contributed by atoms with Gasteiger partial charge in [-0.05, 0) is 32.4 Å². The standard InChI is InChI=1S/C14H25N3O3/c1-11-3-4-17(12(9-11)14(19)20)10-13(18)16-7-5-15(2)6-8-16/h11-12H,3-10H2,1-2H3,(H,19,20). The van der Waals surface area contributed by atoms with Crippen molar-refractivity contribution in [2.75, 3.05) is 46.3 Å². The normalized spacial score (nSPS) is 29.4. The van der Waals surface area contributed by atoms with Crippen molar-refractivity contribution in [3.63, 3.8) is 0 Å². The molecule has 2 aliphatic heterocycles. The van der Waals surface area contributed by atoms with Crippen LogP contribution in [0.4, 0.5) is 0 Å². The molecule has 0 aliphatic carbocycles. The molecule has 0 aromatic rings. The largest absolute Gasteiger partial charge is 0.480 e. The molecular formula is C14H25N3O3. The van der Waals surface area contributed by atoms with Crippen molar-refractivity contribution in [3.8, 4) is 0 Å². The summed E-state index contributed by atoms with van der Waals surface area (Å²) in [6.45, 7) is 6.31. The van der Waals surface area contributed by atoms with Crippen molar-refractivity contribution in [1.29, 1.82) is 0 Å². The lowest BCUT2D eigenvalue weighted by Crippen LogP contribution is -2.54. The lowest BCUT2D eigenvalue weighted by molar-refractivity contribution is -0.147. The predicted octanol–water partition coefficient (Wildman–Crippen LogP) is -0.0545. The van der Waals surface area contributed by atoms with Gasteiger partial charge in [-0.1, -0.05) is 6.92 Å². The highest BCUT2D eigenvalue weighted by Crippen LogP contribution is 2.22. The summed E-state index contributed by atoms with van der Waals surface area (Å²) >= 11 is 0. The van der Waals surface area contributed by atoms with E-state index in [4.69, 9.17) is 0 Å². The minimum Gasteiger partial charge on any atom is -0.480 e. The van der Waals surface area contributed by atoms with E-state index in [0.717, 1.165) is 32.6 Å². The van der Waals surface area contributed by atoms with Gasteiger partial charge in [0.05, 0.1) is 6.54 Å². The lowest BCUT2D eigenvalue weighted by Gasteiger charge is -2.38. The van der Waals surface area contributed by atoms with Crippen LogP contribution in [0.25, 0.3) is 0 Å². The first-order valence-electron chi connectivity index (χ1n) is 7.40. The first-order valence-corrected chi connectivity index (χ1v) is 7.40. The molecule has 0 bridgehead atoms. The van der Waals surface area contributed by atoms with Crippen molar-refractivity contribution in [1.82, 2.24) is 14.7 Å². The summed E-state index contributed by atoms with van der Waals surface area (Å²) in [5, 5.41) is 9.31. The third-order valence-corrected chi connectivity index (χ3v) is 4.45. The van der Waals surface area contributed by atoms with Crippen molar-refractivity contribution in [3.05, 3.63) is 0 Å². The molecular weight excluding hydrogens is 258 g/mol. The molecule has 20 heavy (non-hydrogen) atoms. The summed E-state index contributed by atoms with van der Waals surface area (Å²) in [7, 11) is 2.05. The highest BCUT2D eigenvalue weighted by atomic mass is 16.4. The predicted molar refractivity (Wildman–Crippen MR) is 75.5 cm³/mol. The Morgan fingerprint density at radius 1 is 1.15 bits per heavy atom. The molecule has 1 N–H and O–H groups in total. The molecule has 0 aromatic carbocycles. The smallest absolute Gasteiger partial charge is 0.320 e. The average Bonchev–Trinajstić information content (AvgIpc) is 2.41. The summed E-state index contributed by atoms with van der Waals surface area (Å²) in [6.07, 6.45) is 1.62. The van der Waals surface area contributed by atoms with Crippen LogP contribution >= 0.6 is 0 Å². The fourth-order valence-electron chi connectivity index (χ4n) is 2.97. The Labute approximate surface area is 120 Å². The van der Waals surface area contributed by atoms with Crippen LogP contribution in [0, 0.1) is 5.92 Å². The highest BCUT2D eigenvalue weighted by molar-refractivity contribution is 5.80. The van der Waals surface area contributed by atoms with E-state index < -0.39 is 12.0 Å². The van der Waals surface area contributed by atoms with Gasteiger partial charge in [-0.3, -0.25) is 14.5 Å². The molecule has 2 saturated heterocycles. The van der Waals surface area contributed by atoms with Crippen LogP contribution in [0.15, 0.2) is 0 Å². The van der Waals surface area contributed by atoms with E-state index in [1.54, 1.807) is 0 Å². The average molecular weight is 283 g/mol. The maximum atomic E-state index is 12.3.